The van der Waals surface area contributed by atoms with E-state index in [1.54, 1.807) is 0 Å². The zero-order valence-electron chi connectivity index (χ0n) is 13.1. The number of nitrogens with one attached hydrogen (secondary N) is 2. The molecule has 2 N–H and O–H groups in total. The Balaban J connectivity index is 1.88. The minimum atomic E-state index is -0.260. The normalized spacial score (nSPS) is 22.3. The number of nitrogens with zero attached hydrogens (tertiary/aromatic N) is 1. The van der Waals surface area contributed by atoms with E-state index in [1.165, 1.54) is 5.56 Å². The van der Waals surface area contributed by atoms with Gasteiger partial charge in [-0.3, -0.25) is 4.79 Å². The minimum Gasteiger partial charge on any atom is -0.375 e. The Morgan fingerprint density at radius 2 is 2.19 bits per heavy atom. The summed E-state index contributed by atoms with van der Waals surface area (Å²) < 4.78 is 5.50. The summed E-state index contributed by atoms with van der Waals surface area (Å²) in [4.78, 5) is 14.3. The molecule has 5 heteroatoms. The summed E-state index contributed by atoms with van der Waals surface area (Å²) in [6.45, 7) is 4.76. The topological polar surface area (TPSA) is 53.6 Å². The fourth-order valence-electron chi connectivity index (χ4n) is 2.53. The van der Waals surface area contributed by atoms with Crippen LogP contribution in [0.25, 0.3) is 0 Å². The molecule has 0 spiro atoms. The second-order valence-electron chi connectivity index (χ2n) is 5.78. The van der Waals surface area contributed by atoms with Crippen molar-refractivity contribution in [3.8, 4) is 0 Å². The highest BCUT2D eigenvalue weighted by Gasteiger charge is 2.27. The van der Waals surface area contributed by atoms with Crippen molar-refractivity contribution in [1.29, 1.82) is 0 Å². The summed E-state index contributed by atoms with van der Waals surface area (Å²) in [6, 6.07) is 8.04. The summed E-state index contributed by atoms with van der Waals surface area (Å²) in [5, 5.41) is 6.18. The molecule has 1 saturated heterocycles. The molecule has 2 rings (SSSR count). The smallest absolute Gasteiger partial charge is 0.240 e. The van der Waals surface area contributed by atoms with Gasteiger partial charge in [0.05, 0.1) is 12.7 Å². The molecule has 21 heavy (non-hydrogen) atoms. The van der Waals surface area contributed by atoms with Crippen LogP contribution >= 0.6 is 0 Å². The van der Waals surface area contributed by atoms with Crippen molar-refractivity contribution in [2.24, 2.45) is 0 Å². The van der Waals surface area contributed by atoms with Gasteiger partial charge in [-0.25, -0.2) is 0 Å². The molecule has 0 saturated carbocycles. The molecule has 1 aliphatic rings. The predicted octanol–water partition coefficient (Wildman–Crippen LogP) is 0.741. The van der Waals surface area contributed by atoms with E-state index in [2.05, 4.69) is 27.7 Å². The van der Waals surface area contributed by atoms with Gasteiger partial charge < -0.3 is 20.3 Å². The van der Waals surface area contributed by atoms with Crippen LogP contribution in [0.5, 0.6) is 0 Å². The maximum Gasteiger partial charge on any atom is 0.240 e. The molecular formula is C16H25N3O2. The third-order valence-corrected chi connectivity index (χ3v) is 3.56. The van der Waals surface area contributed by atoms with Gasteiger partial charge in [-0.2, -0.15) is 0 Å². The highest BCUT2D eigenvalue weighted by atomic mass is 16.5. The lowest BCUT2D eigenvalue weighted by molar-refractivity contribution is -0.129. The quantitative estimate of drug-likeness (QED) is 0.840. The molecule has 1 aromatic rings. The SMILES string of the molecule is C[C@H]1OCCN[C@@H]1C(=O)NCc1cccc(CN(C)C)c1. The van der Waals surface area contributed by atoms with Gasteiger partial charge in [0.25, 0.3) is 0 Å². The molecule has 0 bridgehead atoms. The molecule has 0 aromatic heterocycles. The molecule has 1 fully saturated rings. The Labute approximate surface area is 126 Å². The van der Waals surface area contributed by atoms with Crippen LogP contribution in [0.4, 0.5) is 0 Å². The maximum absolute atomic E-state index is 12.2. The van der Waals surface area contributed by atoms with E-state index in [1.807, 2.05) is 33.2 Å². The van der Waals surface area contributed by atoms with Crippen LogP contribution in [0.2, 0.25) is 0 Å². The Hall–Kier alpha value is -1.43. The molecule has 1 amide bonds. The van der Waals surface area contributed by atoms with Gasteiger partial charge in [0, 0.05) is 19.6 Å². The average molecular weight is 291 g/mol. The molecular weight excluding hydrogens is 266 g/mol. The van der Waals surface area contributed by atoms with Crippen LogP contribution in [0, 0.1) is 0 Å². The van der Waals surface area contributed by atoms with Crippen molar-refractivity contribution in [2.45, 2.75) is 32.2 Å². The second-order valence-corrected chi connectivity index (χ2v) is 5.78. The number of carbonyl (C=O) groups excluding carboxylic acids is 1. The first-order valence-corrected chi connectivity index (χ1v) is 7.41. The molecule has 0 radical (unpaired) electrons. The number of carbonyl (C=O) groups is 1. The Kier molecular flexibility index (Phi) is 5.73. The number of amides is 1. The zero-order chi connectivity index (χ0) is 15.2. The summed E-state index contributed by atoms with van der Waals surface area (Å²) in [5.74, 6) is 0.000197. The van der Waals surface area contributed by atoms with Gasteiger partial charge in [-0.1, -0.05) is 24.3 Å². The van der Waals surface area contributed by atoms with E-state index in [4.69, 9.17) is 4.74 Å². The summed E-state index contributed by atoms with van der Waals surface area (Å²) >= 11 is 0. The van der Waals surface area contributed by atoms with E-state index >= 15 is 0 Å². The molecule has 116 valence electrons. The van der Waals surface area contributed by atoms with Crippen LogP contribution in [-0.2, 0) is 22.6 Å². The third-order valence-electron chi connectivity index (χ3n) is 3.56. The monoisotopic (exact) mass is 291 g/mol. The predicted molar refractivity (Wildman–Crippen MR) is 82.9 cm³/mol. The lowest BCUT2D eigenvalue weighted by Gasteiger charge is -2.29. The fraction of sp³-hybridized carbons (Fsp3) is 0.562. The summed E-state index contributed by atoms with van der Waals surface area (Å²) in [5.41, 5.74) is 2.37. The number of hydrogen-bond donors (Lipinski definition) is 2. The highest BCUT2D eigenvalue weighted by molar-refractivity contribution is 5.82. The number of rotatable bonds is 5. The summed E-state index contributed by atoms with van der Waals surface area (Å²) in [6.07, 6.45) is -0.0844. The Bertz CT molecular complexity index is 476. The van der Waals surface area contributed by atoms with Crippen molar-refractivity contribution in [1.82, 2.24) is 15.5 Å². The minimum absolute atomic E-state index is 0.000197. The van der Waals surface area contributed by atoms with Gasteiger partial charge >= 0.3 is 0 Å². The second kappa shape index (κ2) is 7.54. The van der Waals surface area contributed by atoms with E-state index in [9.17, 15) is 4.79 Å². The van der Waals surface area contributed by atoms with Crippen LogP contribution in [0.1, 0.15) is 18.1 Å². The molecule has 1 heterocycles. The van der Waals surface area contributed by atoms with Gasteiger partial charge in [-0.15, -0.1) is 0 Å². The zero-order valence-corrected chi connectivity index (χ0v) is 13.1. The van der Waals surface area contributed by atoms with Crippen molar-refractivity contribution in [2.75, 3.05) is 27.2 Å². The van der Waals surface area contributed by atoms with E-state index in [0.29, 0.717) is 13.2 Å². The number of hydrogen-bond acceptors (Lipinski definition) is 4. The number of benzene rings is 1. The largest absolute Gasteiger partial charge is 0.375 e. The van der Waals surface area contributed by atoms with Crippen molar-refractivity contribution in [3.63, 3.8) is 0 Å². The van der Waals surface area contributed by atoms with Crippen molar-refractivity contribution < 1.29 is 9.53 Å². The first kappa shape index (κ1) is 15.9. The Morgan fingerprint density at radius 1 is 1.43 bits per heavy atom. The molecule has 1 aliphatic heterocycles. The van der Waals surface area contributed by atoms with Crippen LogP contribution in [0.15, 0.2) is 24.3 Å². The average Bonchev–Trinajstić information content (AvgIpc) is 2.45. The van der Waals surface area contributed by atoms with Gasteiger partial charge in [0.1, 0.15) is 6.04 Å². The van der Waals surface area contributed by atoms with Crippen molar-refractivity contribution >= 4 is 5.91 Å². The lowest BCUT2D eigenvalue weighted by Crippen LogP contribution is -2.55. The van der Waals surface area contributed by atoms with Gasteiger partial charge in [-0.05, 0) is 32.1 Å². The molecule has 0 unspecified atom stereocenters. The number of morpholine rings is 1. The van der Waals surface area contributed by atoms with E-state index in [0.717, 1.165) is 18.7 Å². The standard InChI is InChI=1S/C16H25N3O2/c1-12-15(17-7-8-21-12)16(20)18-10-13-5-4-6-14(9-13)11-19(2)3/h4-6,9,12,15,17H,7-8,10-11H2,1-3H3,(H,18,20)/t12-,15+/m1/s1. The molecule has 0 aliphatic carbocycles. The van der Waals surface area contributed by atoms with E-state index < -0.39 is 0 Å². The molecule has 5 nitrogen and oxygen atoms in total. The van der Waals surface area contributed by atoms with Gasteiger partial charge in [0.2, 0.25) is 5.91 Å². The lowest BCUT2D eigenvalue weighted by atomic mass is 10.1. The first-order valence-electron chi connectivity index (χ1n) is 7.41. The van der Waals surface area contributed by atoms with Crippen LogP contribution in [-0.4, -0.2) is 50.2 Å². The first-order chi connectivity index (χ1) is 10.1. The van der Waals surface area contributed by atoms with Crippen molar-refractivity contribution in [3.05, 3.63) is 35.4 Å². The van der Waals surface area contributed by atoms with Crippen LogP contribution < -0.4 is 10.6 Å². The molecule has 1 aromatic carbocycles. The molecule has 2 atom stereocenters. The Morgan fingerprint density at radius 3 is 2.90 bits per heavy atom. The maximum atomic E-state index is 12.2. The summed E-state index contributed by atoms with van der Waals surface area (Å²) in [7, 11) is 4.09. The number of ether oxygens (including phenoxy) is 1. The van der Waals surface area contributed by atoms with E-state index in [-0.39, 0.29) is 18.1 Å². The third kappa shape index (κ3) is 4.81. The van der Waals surface area contributed by atoms with Gasteiger partial charge in [0.15, 0.2) is 0 Å². The fourth-order valence-corrected chi connectivity index (χ4v) is 2.53. The highest BCUT2D eigenvalue weighted by Crippen LogP contribution is 2.08. The van der Waals surface area contributed by atoms with Crippen LogP contribution in [0.3, 0.4) is 0 Å².